The van der Waals surface area contributed by atoms with E-state index in [0.717, 1.165) is 5.56 Å². The topological polar surface area (TPSA) is 58.6 Å². The van der Waals surface area contributed by atoms with Crippen LogP contribution in [-0.4, -0.2) is 34.9 Å². The molecule has 0 aliphatic heterocycles. The van der Waals surface area contributed by atoms with Gasteiger partial charge in [0.2, 0.25) is 5.91 Å². The molecule has 0 aliphatic carbocycles. The summed E-state index contributed by atoms with van der Waals surface area (Å²) in [6, 6.07) is 21.4. The second kappa shape index (κ2) is 11.8. The maximum atomic E-state index is 13.5. The molecule has 0 spiro atoms. The predicted octanol–water partition coefficient (Wildman–Crippen LogP) is 5.41. The van der Waals surface area contributed by atoms with Crippen LogP contribution < -0.4 is 10.1 Å². The van der Waals surface area contributed by atoms with Gasteiger partial charge in [0.1, 0.15) is 17.6 Å². The number of ether oxygens (including phenoxy) is 1. The molecule has 0 radical (unpaired) electrons. The van der Waals surface area contributed by atoms with Gasteiger partial charge in [0, 0.05) is 23.5 Å². The molecule has 7 heteroatoms. The first-order chi connectivity index (χ1) is 16.6. The fourth-order valence-electron chi connectivity index (χ4n) is 3.58. The van der Waals surface area contributed by atoms with E-state index in [2.05, 4.69) is 5.32 Å². The zero-order valence-electron chi connectivity index (χ0n) is 20.1. The average molecular weight is 497 g/mol. The number of carbonyl (C=O) groups is 2. The minimum Gasteiger partial charge on any atom is -0.484 e. The van der Waals surface area contributed by atoms with Crippen LogP contribution in [0.1, 0.15) is 31.9 Å². The van der Waals surface area contributed by atoms with Gasteiger partial charge < -0.3 is 15.0 Å². The van der Waals surface area contributed by atoms with Gasteiger partial charge in [-0.05, 0) is 62.2 Å². The van der Waals surface area contributed by atoms with Gasteiger partial charge in [-0.1, -0.05) is 60.1 Å². The van der Waals surface area contributed by atoms with Crippen LogP contribution in [0.25, 0.3) is 0 Å². The molecular weight excluding hydrogens is 467 g/mol. The largest absolute Gasteiger partial charge is 0.484 e. The van der Waals surface area contributed by atoms with Crippen molar-refractivity contribution in [2.24, 2.45) is 0 Å². The summed E-state index contributed by atoms with van der Waals surface area (Å²) in [6.45, 7) is 5.50. The van der Waals surface area contributed by atoms with Crippen LogP contribution in [-0.2, 0) is 22.6 Å². The second-order valence-electron chi connectivity index (χ2n) is 9.34. The van der Waals surface area contributed by atoms with Gasteiger partial charge in [0.25, 0.3) is 5.91 Å². The summed E-state index contributed by atoms with van der Waals surface area (Å²) in [6.07, 6.45) is 0.312. The molecule has 0 fully saturated rings. The van der Waals surface area contributed by atoms with E-state index in [1.165, 1.54) is 17.0 Å². The highest BCUT2D eigenvalue weighted by Gasteiger charge is 2.32. The molecule has 0 bridgehead atoms. The molecule has 0 saturated carbocycles. The Morgan fingerprint density at radius 2 is 1.66 bits per heavy atom. The van der Waals surface area contributed by atoms with Gasteiger partial charge in [-0.2, -0.15) is 0 Å². The van der Waals surface area contributed by atoms with Gasteiger partial charge >= 0.3 is 0 Å². The highest BCUT2D eigenvalue weighted by Crippen LogP contribution is 2.19. The third kappa shape index (κ3) is 8.41. The fraction of sp³-hybridized carbons (Fsp3) is 0.286. The summed E-state index contributed by atoms with van der Waals surface area (Å²) in [7, 11) is 0. The summed E-state index contributed by atoms with van der Waals surface area (Å²) < 4.78 is 19.2. The summed E-state index contributed by atoms with van der Waals surface area (Å²) in [5.74, 6) is -0.576. The molecule has 1 N–H and O–H groups in total. The third-order valence-electron chi connectivity index (χ3n) is 5.19. The van der Waals surface area contributed by atoms with Crippen molar-refractivity contribution >= 4 is 23.4 Å². The number of rotatable bonds is 9. The van der Waals surface area contributed by atoms with E-state index in [1.54, 1.807) is 36.4 Å². The second-order valence-corrected chi connectivity index (χ2v) is 9.78. The van der Waals surface area contributed by atoms with Crippen LogP contribution >= 0.6 is 11.6 Å². The van der Waals surface area contributed by atoms with Gasteiger partial charge in [-0.25, -0.2) is 4.39 Å². The molecule has 0 saturated heterocycles. The average Bonchev–Trinajstić information content (AvgIpc) is 2.80. The smallest absolute Gasteiger partial charge is 0.261 e. The molecule has 2 amide bonds. The lowest BCUT2D eigenvalue weighted by Crippen LogP contribution is -2.55. The Bertz CT molecular complexity index is 1130. The molecule has 0 heterocycles. The lowest BCUT2D eigenvalue weighted by Gasteiger charge is -2.33. The quantitative estimate of drug-likeness (QED) is 0.430. The molecule has 3 rings (SSSR count). The van der Waals surface area contributed by atoms with Crippen LogP contribution in [0.4, 0.5) is 4.39 Å². The number of carbonyl (C=O) groups excluding carboxylic acids is 2. The molecular formula is C28H30ClFN2O3. The summed E-state index contributed by atoms with van der Waals surface area (Å²) in [4.78, 5) is 28.4. The Morgan fingerprint density at radius 1 is 0.971 bits per heavy atom. The lowest BCUT2D eigenvalue weighted by molar-refractivity contribution is -0.143. The molecule has 3 aromatic rings. The molecule has 5 nitrogen and oxygen atoms in total. The number of benzene rings is 3. The van der Waals surface area contributed by atoms with E-state index in [4.69, 9.17) is 16.3 Å². The van der Waals surface area contributed by atoms with E-state index in [1.807, 2.05) is 51.1 Å². The van der Waals surface area contributed by atoms with Gasteiger partial charge in [0.15, 0.2) is 6.61 Å². The van der Waals surface area contributed by atoms with Crippen molar-refractivity contribution in [1.29, 1.82) is 0 Å². The number of halogens is 2. The van der Waals surface area contributed by atoms with Crippen LogP contribution in [0.15, 0.2) is 78.9 Å². The van der Waals surface area contributed by atoms with Gasteiger partial charge in [0.05, 0.1) is 0 Å². The minimum absolute atomic E-state index is 0.118. The van der Waals surface area contributed by atoms with Crippen molar-refractivity contribution in [3.8, 4) is 5.75 Å². The zero-order valence-corrected chi connectivity index (χ0v) is 20.9. The van der Waals surface area contributed by atoms with Crippen molar-refractivity contribution in [1.82, 2.24) is 10.2 Å². The highest BCUT2D eigenvalue weighted by atomic mass is 35.5. The summed E-state index contributed by atoms with van der Waals surface area (Å²) >= 11 is 6.03. The minimum atomic E-state index is -0.808. The maximum absolute atomic E-state index is 13.5. The Morgan fingerprint density at radius 3 is 2.29 bits per heavy atom. The number of nitrogens with zero attached hydrogens (tertiary/aromatic N) is 1. The first kappa shape index (κ1) is 26.2. The van der Waals surface area contributed by atoms with E-state index < -0.39 is 11.6 Å². The van der Waals surface area contributed by atoms with E-state index in [0.29, 0.717) is 22.8 Å². The van der Waals surface area contributed by atoms with Crippen molar-refractivity contribution in [2.45, 2.75) is 45.3 Å². The number of nitrogens with one attached hydrogen (secondary N) is 1. The van der Waals surface area contributed by atoms with Crippen molar-refractivity contribution in [3.05, 3.63) is 101 Å². The van der Waals surface area contributed by atoms with Crippen LogP contribution in [0.3, 0.4) is 0 Å². The number of amides is 2. The first-order valence-corrected chi connectivity index (χ1v) is 11.8. The SMILES string of the molecule is CC(C)(C)NC(=O)[C@H](Cc1ccccc1)N(Cc1ccc(F)cc1)C(=O)COc1cccc(Cl)c1. The van der Waals surface area contributed by atoms with E-state index >= 15 is 0 Å². The van der Waals surface area contributed by atoms with Gasteiger partial charge in [-0.15, -0.1) is 0 Å². The Hall–Kier alpha value is -3.38. The molecule has 1 atom stereocenters. The van der Waals surface area contributed by atoms with Crippen LogP contribution in [0.5, 0.6) is 5.75 Å². The Kier molecular flexibility index (Phi) is 8.88. The fourth-order valence-corrected chi connectivity index (χ4v) is 3.76. The van der Waals surface area contributed by atoms with Crippen molar-refractivity contribution in [2.75, 3.05) is 6.61 Å². The normalized spacial score (nSPS) is 12.0. The monoisotopic (exact) mass is 496 g/mol. The molecule has 0 aliphatic rings. The Labute approximate surface area is 210 Å². The van der Waals surface area contributed by atoms with Crippen LogP contribution in [0.2, 0.25) is 5.02 Å². The Balaban J connectivity index is 1.92. The summed E-state index contributed by atoms with van der Waals surface area (Å²) in [5, 5.41) is 3.49. The van der Waals surface area contributed by atoms with E-state index in [9.17, 15) is 14.0 Å². The van der Waals surface area contributed by atoms with Gasteiger partial charge in [-0.3, -0.25) is 9.59 Å². The molecule has 35 heavy (non-hydrogen) atoms. The standard InChI is InChI=1S/C28H30ClFN2O3/c1-28(2,3)31-27(34)25(16-20-8-5-4-6-9-20)32(18-21-12-14-23(30)15-13-21)26(33)19-35-24-11-7-10-22(29)17-24/h4-15,17,25H,16,18-19H2,1-3H3,(H,31,34)/t25-/m0/s1. The lowest BCUT2D eigenvalue weighted by atomic mass is 10.0. The highest BCUT2D eigenvalue weighted by molar-refractivity contribution is 6.30. The molecule has 0 aromatic heterocycles. The predicted molar refractivity (Wildman–Crippen MR) is 136 cm³/mol. The number of hydrogen-bond acceptors (Lipinski definition) is 3. The van der Waals surface area contributed by atoms with Crippen molar-refractivity contribution < 1.29 is 18.7 Å². The molecule has 0 unspecified atom stereocenters. The summed E-state index contributed by atoms with van der Waals surface area (Å²) in [5.41, 5.74) is 1.12. The maximum Gasteiger partial charge on any atom is 0.261 e. The third-order valence-corrected chi connectivity index (χ3v) is 5.43. The first-order valence-electron chi connectivity index (χ1n) is 11.4. The van der Waals surface area contributed by atoms with E-state index in [-0.39, 0.29) is 30.8 Å². The molecule has 184 valence electrons. The zero-order chi connectivity index (χ0) is 25.4. The van der Waals surface area contributed by atoms with Crippen molar-refractivity contribution in [3.63, 3.8) is 0 Å². The number of hydrogen-bond donors (Lipinski definition) is 1. The molecule has 3 aromatic carbocycles. The van der Waals surface area contributed by atoms with Crippen LogP contribution in [0, 0.1) is 5.82 Å².